The summed E-state index contributed by atoms with van der Waals surface area (Å²) in [4.78, 5) is 18.8. The van der Waals surface area contributed by atoms with Gasteiger partial charge >= 0.3 is 0 Å². The highest BCUT2D eigenvalue weighted by Gasteiger charge is 2.16. The van der Waals surface area contributed by atoms with Crippen molar-refractivity contribution >= 4 is 11.6 Å². The number of aromatic nitrogens is 1. The Labute approximate surface area is 149 Å². The molecule has 132 valence electrons. The van der Waals surface area contributed by atoms with Gasteiger partial charge in [-0.25, -0.2) is 0 Å². The van der Waals surface area contributed by atoms with Gasteiger partial charge in [0.2, 0.25) is 0 Å². The number of nitrogens with zero attached hydrogens (tertiary/aromatic N) is 2. The van der Waals surface area contributed by atoms with E-state index in [9.17, 15) is 4.79 Å². The number of amides is 1. The van der Waals surface area contributed by atoms with E-state index in [2.05, 4.69) is 16.4 Å². The predicted molar refractivity (Wildman–Crippen MR) is 101 cm³/mol. The van der Waals surface area contributed by atoms with Gasteiger partial charge in [0.25, 0.3) is 5.91 Å². The van der Waals surface area contributed by atoms with E-state index in [-0.39, 0.29) is 11.9 Å². The maximum atomic E-state index is 12.5. The molecule has 0 saturated carbocycles. The van der Waals surface area contributed by atoms with Crippen LogP contribution in [0.4, 0.5) is 5.69 Å². The van der Waals surface area contributed by atoms with E-state index in [1.54, 1.807) is 6.20 Å². The van der Waals surface area contributed by atoms with Gasteiger partial charge in [-0.05, 0) is 61.1 Å². The predicted octanol–water partition coefficient (Wildman–Crippen LogP) is 2.28. The molecule has 3 N–H and O–H groups in total. The van der Waals surface area contributed by atoms with Gasteiger partial charge in [0.05, 0.1) is 12.2 Å². The van der Waals surface area contributed by atoms with E-state index in [0.717, 1.165) is 37.1 Å². The van der Waals surface area contributed by atoms with Crippen molar-refractivity contribution in [1.29, 1.82) is 0 Å². The molecule has 1 aliphatic rings. The molecule has 0 aliphatic heterocycles. The van der Waals surface area contributed by atoms with Crippen LogP contribution in [0.25, 0.3) is 0 Å². The molecule has 0 saturated heterocycles. The van der Waals surface area contributed by atoms with Gasteiger partial charge in [-0.2, -0.15) is 0 Å². The summed E-state index contributed by atoms with van der Waals surface area (Å²) in [7, 11) is 3.97. The Morgan fingerprint density at radius 2 is 2.12 bits per heavy atom. The van der Waals surface area contributed by atoms with Crippen molar-refractivity contribution in [3.8, 4) is 0 Å². The van der Waals surface area contributed by atoms with Crippen molar-refractivity contribution < 1.29 is 4.79 Å². The van der Waals surface area contributed by atoms with Crippen LogP contribution in [0, 0.1) is 0 Å². The number of anilines is 1. The third-order valence-corrected chi connectivity index (χ3v) is 4.72. The standard InChI is InChI=1S/C20H26N4O/c1-24(2)19-8-9-22-18(12-19)13-23-20(25)15-7-6-14-4-3-5-17(21)11-16(14)10-15/h6-10,12,17H,3-5,11,13,21H2,1-2H3,(H,23,25). The Hall–Kier alpha value is -2.40. The lowest BCUT2D eigenvalue weighted by Gasteiger charge is -2.14. The number of hydrogen-bond acceptors (Lipinski definition) is 4. The first-order valence-electron chi connectivity index (χ1n) is 8.81. The number of nitrogens with one attached hydrogen (secondary N) is 1. The van der Waals surface area contributed by atoms with E-state index >= 15 is 0 Å². The van der Waals surface area contributed by atoms with Crippen LogP contribution >= 0.6 is 0 Å². The molecule has 1 atom stereocenters. The second-order valence-corrected chi connectivity index (χ2v) is 6.92. The second kappa shape index (κ2) is 7.66. The molecular weight excluding hydrogens is 312 g/mol. The molecule has 0 fully saturated rings. The van der Waals surface area contributed by atoms with Crippen molar-refractivity contribution in [2.75, 3.05) is 19.0 Å². The van der Waals surface area contributed by atoms with Crippen LogP contribution < -0.4 is 16.0 Å². The molecule has 1 heterocycles. The zero-order chi connectivity index (χ0) is 17.8. The normalized spacial score (nSPS) is 16.7. The number of nitrogens with two attached hydrogens (primary N) is 1. The third-order valence-electron chi connectivity index (χ3n) is 4.72. The van der Waals surface area contributed by atoms with Crippen LogP contribution in [-0.4, -0.2) is 31.0 Å². The lowest BCUT2D eigenvalue weighted by Crippen LogP contribution is -2.24. The molecule has 1 aromatic heterocycles. The van der Waals surface area contributed by atoms with Crippen LogP contribution in [0.3, 0.4) is 0 Å². The highest BCUT2D eigenvalue weighted by Crippen LogP contribution is 2.21. The topological polar surface area (TPSA) is 71.2 Å². The Morgan fingerprint density at radius 1 is 1.28 bits per heavy atom. The Morgan fingerprint density at radius 3 is 2.92 bits per heavy atom. The Balaban J connectivity index is 1.68. The molecule has 5 nitrogen and oxygen atoms in total. The van der Waals surface area contributed by atoms with Crippen molar-refractivity contribution in [2.24, 2.45) is 5.73 Å². The average Bonchev–Trinajstić information content (AvgIpc) is 2.79. The number of aryl methyl sites for hydroxylation is 1. The maximum Gasteiger partial charge on any atom is 0.251 e. The minimum Gasteiger partial charge on any atom is -0.378 e. The molecule has 25 heavy (non-hydrogen) atoms. The van der Waals surface area contributed by atoms with Crippen LogP contribution in [-0.2, 0) is 19.4 Å². The quantitative estimate of drug-likeness (QED) is 0.839. The summed E-state index contributed by atoms with van der Waals surface area (Å²) in [5.41, 5.74) is 11.3. The minimum atomic E-state index is -0.0716. The largest absolute Gasteiger partial charge is 0.378 e. The number of rotatable bonds is 4. The Kier molecular flexibility index (Phi) is 5.34. The lowest BCUT2D eigenvalue weighted by atomic mass is 9.99. The number of pyridine rings is 1. The lowest BCUT2D eigenvalue weighted by molar-refractivity contribution is 0.0950. The van der Waals surface area contributed by atoms with E-state index in [1.807, 2.05) is 43.3 Å². The first-order chi connectivity index (χ1) is 12.0. The smallest absolute Gasteiger partial charge is 0.251 e. The summed E-state index contributed by atoms with van der Waals surface area (Å²) in [6.45, 7) is 0.414. The molecule has 1 unspecified atom stereocenters. The van der Waals surface area contributed by atoms with Crippen LogP contribution in [0.5, 0.6) is 0 Å². The summed E-state index contributed by atoms with van der Waals surface area (Å²) >= 11 is 0. The van der Waals surface area contributed by atoms with E-state index in [1.165, 1.54) is 11.1 Å². The van der Waals surface area contributed by atoms with Crippen molar-refractivity contribution in [1.82, 2.24) is 10.3 Å². The van der Waals surface area contributed by atoms with Crippen molar-refractivity contribution in [3.05, 3.63) is 58.9 Å². The van der Waals surface area contributed by atoms with Crippen molar-refractivity contribution in [2.45, 2.75) is 38.3 Å². The summed E-state index contributed by atoms with van der Waals surface area (Å²) in [6.07, 6.45) is 5.83. The first-order valence-corrected chi connectivity index (χ1v) is 8.81. The fraction of sp³-hybridized carbons (Fsp3) is 0.400. The van der Waals surface area contributed by atoms with Crippen LogP contribution in [0.1, 0.15) is 40.0 Å². The molecular formula is C20H26N4O. The highest BCUT2D eigenvalue weighted by molar-refractivity contribution is 5.94. The zero-order valence-corrected chi connectivity index (χ0v) is 15.0. The number of carbonyl (C=O) groups is 1. The van der Waals surface area contributed by atoms with Gasteiger partial charge in [-0.1, -0.05) is 6.07 Å². The summed E-state index contributed by atoms with van der Waals surface area (Å²) in [5, 5.41) is 2.96. The molecule has 5 heteroatoms. The number of hydrogen-bond donors (Lipinski definition) is 2. The van der Waals surface area contributed by atoms with Gasteiger partial charge in [0, 0.05) is 37.6 Å². The molecule has 0 bridgehead atoms. The first kappa shape index (κ1) is 17.4. The number of fused-ring (bicyclic) bond motifs is 1. The highest BCUT2D eigenvalue weighted by atomic mass is 16.1. The van der Waals surface area contributed by atoms with Crippen LogP contribution in [0.2, 0.25) is 0 Å². The maximum absolute atomic E-state index is 12.5. The van der Waals surface area contributed by atoms with Gasteiger partial charge < -0.3 is 16.0 Å². The average molecular weight is 338 g/mol. The van der Waals surface area contributed by atoms with Gasteiger partial charge in [0.1, 0.15) is 0 Å². The number of carbonyl (C=O) groups excluding carboxylic acids is 1. The SMILES string of the molecule is CN(C)c1ccnc(CNC(=O)c2ccc3c(c2)CC(N)CCC3)c1. The molecule has 3 rings (SSSR count). The van der Waals surface area contributed by atoms with Crippen molar-refractivity contribution in [3.63, 3.8) is 0 Å². The fourth-order valence-corrected chi connectivity index (χ4v) is 3.25. The minimum absolute atomic E-state index is 0.0716. The van der Waals surface area contributed by atoms with E-state index in [0.29, 0.717) is 12.1 Å². The van der Waals surface area contributed by atoms with Crippen LogP contribution in [0.15, 0.2) is 36.5 Å². The molecule has 1 aliphatic carbocycles. The summed E-state index contributed by atoms with van der Waals surface area (Å²) in [6, 6.07) is 10.1. The zero-order valence-electron chi connectivity index (χ0n) is 15.0. The molecule has 1 aromatic carbocycles. The third kappa shape index (κ3) is 4.37. The molecule has 0 spiro atoms. The monoisotopic (exact) mass is 338 g/mol. The van der Waals surface area contributed by atoms with Gasteiger partial charge in [0.15, 0.2) is 0 Å². The summed E-state index contributed by atoms with van der Waals surface area (Å²) < 4.78 is 0. The van der Waals surface area contributed by atoms with Gasteiger partial charge in [-0.3, -0.25) is 9.78 Å². The Bertz CT molecular complexity index is 757. The van der Waals surface area contributed by atoms with Gasteiger partial charge in [-0.15, -0.1) is 0 Å². The molecule has 2 aromatic rings. The summed E-state index contributed by atoms with van der Waals surface area (Å²) in [5.74, 6) is -0.0716. The number of benzene rings is 1. The fourth-order valence-electron chi connectivity index (χ4n) is 3.25. The molecule has 1 amide bonds. The van der Waals surface area contributed by atoms with E-state index < -0.39 is 0 Å². The second-order valence-electron chi connectivity index (χ2n) is 6.92. The molecule has 0 radical (unpaired) electrons. The van der Waals surface area contributed by atoms with E-state index in [4.69, 9.17) is 5.73 Å².